The van der Waals surface area contributed by atoms with Gasteiger partial charge >= 0.3 is 159 Å². The number of carbonyl (C=O) groups is 1. The average molecular weight is 362 g/mol. The molecule has 0 radical (unpaired) electrons. The van der Waals surface area contributed by atoms with Crippen LogP contribution in [-0.4, -0.2) is 26.0 Å². The van der Waals surface area contributed by atoms with E-state index in [4.69, 9.17) is 13.9 Å². The maximum atomic E-state index is 11.8. The van der Waals surface area contributed by atoms with Gasteiger partial charge in [-0.05, 0) is 0 Å². The van der Waals surface area contributed by atoms with Crippen LogP contribution in [0.2, 0.25) is 0 Å². The fourth-order valence-electron chi connectivity index (χ4n) is 3.20. The Balaban J connectivity index is 1.86. The van der Waals surface area contributed by atoms with Crippen molar-refractivity contribution in [3.05, 3.63) is 58.8 Å². The van der Waals surface area contributed by atoms with Crippen LogP contribution < -0.4 is 10.2 Å². The molecule has 138 valence electrons. The zero-order valence-corrected chi connectivity index (χ0v) is 16.0. The van der Waals surface area contributed by atoms with Crippen molar-refractivity contribution in [2.24, 2.45) is 0 Å². The summed E-state index contributed by atoms with van der Waals surface area (Å²) >= 11 is 0. The predicted octanol–water partition coefficient (Wildman–Crippen LogP) is 3.50. The van der Waals surface area contributed by atoms with Gasteiger partial charge in [-0.1, -0.05) is 0 Å². The molecule has 0 fully saturated rings. The first-order valence-electron chi connectivity index (χ1n) is 9.04. The standard InChI is InChI=1S/C22H23BO4/c1-5-25-20(24)12-16-8-6-7-9-19(16)26-13-18-11-17-10-14(2)27-22(17)21(23-4)15(18)3/h6-11H,4-5,12-13H2,1-3H3. The van der Waals surface area contributed by atoms with E-state index in [1.807, 2.05) is 51.1 Å². The number of ether oxygens (including phenoxy) is 2. The molecule has 0 aliphatic heterocycles. The zero-order chi connectivity index (χ0) is 19.4. The van der Waals surface area contributed by atoms with Crippen molar-refractivity contribution in [1.29, 1.82) is 0 Å². The third-order valence-corrected chi connectivity index (χ3v) is 4.54. The number of aryl methyl sites for hydroxylation is 1. The summed E-state index contributed by atoms with van der Waals surface area (Å²) in [5.41, 5.74) is 4.79. The Bertz CT molecular complexity index is 987. The van der Waals surface area contributed by atoms with Crippen molar-refractivity contribution in [2.75, 3.05) is 6.61 Å². The molecule has 3 aromatic rings. The second kappa shape index (κ2) is 8.25. The van der Waals surface area contributed by atoms with E-state index in [-0.39, 0.29) is 12.4 Å². The van der Waals surface area contributed by atoms with Gasteiger partial charge in [0.25, 0.3) is 0 Å². The number of hydrogen-bond acceptors (Lipinski definition) is 4. The summed E-state index contributed by atoms with van der Waals surface area (Å²) in [6.45, 7) is 12.3. The Kier molecular flexibility index (Phi) is 5.80. The van der Waals surface area contributed by atoms with Gasteiger partial charge in [0.15, 0.2) is 0 Å². The number of hydrogen-bond donors (Lipinski definition) is 0. The third kappa shape index (κ3) is 4.13. The molecule has 0 unspecified atom stereocenters. The van der Waals surface area contributed by atoms with Crippen molar-refractivity contribution in [3.63, 3.8) is 0 Å². The summed E-state index contributed by atoms with van der Waals surface area (Å²) in [5.74, 6) is 1.30. The van der Waals surface area contributed by atoms with Crippen molar-refractivity contribution < 1.29 is 18.7 Å². The number of rotatable bonds is 7. The molecule has 5 heteroatoms. The molecule has 0 amide bonds. The number of benzene rings is 2. The van der Waals surface area contributed by atoms with Crippen molar-refractivity contribution in [3.8, 4) is 5.75 Å². The van der Waals surface area contributed by atoms with Crippen LogP contribution in [-0.2, 0) is 22.6 Å². The van der Waals surface area contributed by atoms with Gasteiger partial charge in [0.1, 0.15) is 0 Å². The van der Waals surface area contributed by atoms with Gasteiger partial charge in [0.2, 0.25) is 0 Å². The monoisotopic (exact) mass is 362 g/mol. The van der Waals surface area contributed by atoms with E-state index in [9.17, 15) is 4.79 Å². The molecule has 1 aromatic heterocycles. The van der Waals surface area contributed by atoms with Crippen LogP contribution in [0.5, 0.6) is 5.75 Å². The second-order valence-electron chi connectivity index (χ2n) is 6.43. The minimum absolute atomic E-state index is 0.195. The van der Waals surface area contributed by atoms with Crippen LogP contribution in [0.25, 0.3) is 11.0 Å². The quantitative estimate of drug-likeness (QED) is 0.477. The van der Waals surface area contributed by atoms with Gasteiger partial charge in [0.05, 0.1) is 0 Å². The molecule has 27 heavy (non-hydrogen) atoms. The summed E-state index contributed by atoms with van der Waals surface area (Å²) in [6.07, 6.45) is 0.195. The normalized spacial score (nSPS) is 10.6. The van der Waals surface area contributed by atoms with Gasteiger partial charge in [0, 0.05) is 0 Å². The van der Waals surface area contributed by atoms with Crippen LogP contribution in [0.15, 0.2) is 40.8 Å². The van der Waals surface area contributed by atoms with E-state index in [1.54, 1.807) is 6.92 Å². The number of esters is 1. The summed E-state index contributed by atoms with van der Waals surface area (Å²) in [6, 6.07) is 11.6. The molecule has 0 spiro atoms. The van der Waals surface area contributed by atoms with Crippen LogP contribution >= 0.6 is 0 Å². The first-order valence-corrected chi connectivity index (χ1v) is 9.04. The molecule has 0 saturated carbocycles. The molecule has 1 heterocycles. The first kappa shape index (κ1) is 19.0. The van der Waals surface area contributed by atoms with E-state index >= 15 is 0 Å². The predicted molar refractivity (Wildman–Crippen MR) is 109 cm³/mol. The molecule has 2 aromatic carbocycles. The summed E-state index contributed by atoms with van der Waals surface area (Å²) in [5, 5.41) is 1.03. The Hall–Kier alpha value is -2.82. The van der Waals surface area contributed by atoms with Gasteiger partial charge in [-0.15, -0.1) is 0 Å². The van der Waals surface area contributed by atoms with E-state index < -0.39 is 0 Å². The van der Waals surface area contributed by atoms with Gasteiger partial charge in [-0.3, -0.25) is 0 Å². The van der Waals surface area contributed by atoms with Crippen LogP contribution in [0, 0.1) is 13.8 Å². The Morgan fingerprint density at radius 3 is 2.70 bits per heavy atom. The first-order chi connectivity index (χ1) is 13.0. The Morgan fingerprint density at radius 2 is 1.96 bits per heavy atom. The van der Waals surface area contributed by atoms with Crippen molar-refractivity contribution in [2.45, 2.75) is 33.8 Å². The molecule has 0 bridgehead atoms. The van der Waals surface area contributed by atoms with Crippen molar-refractivity contribution >= 4 is 35.8 Å². The number of furan rings is 1. The average Bonchev–Trinajstić information content (AvgIpc) is 3.01. The number of carbonyl (C=O) groups excluding carboxylic acids is 1. The molecule has 0 N–H and O–H groups in total. The van der Waals surface area contributed by atoms with Crippen LogP contribution in [0.4, 0.5) is 0 Å². The molecule has 0 saturated heterocycles. The minimum atomic E-state index is -0.256. The van der Waals surface area contributed by atoms with Crippen LogP contribution in [0.3, 0.4) is 0 Å². The summed E-state index contributed by atoms with van der Waals surface area (Å²) in [7, 11) is 0. The van der Waals surface area contributed by atoms with E-state index in [2.05, 4.69) is 12.5 Å². The fraction of sp³-hybridized carbons (Fsp3) is 0.273. The van der Waals surface area contributed by atoms with E-state index in [1.165, 1.54) is 0 Å². The summed E-state index contributed by atoms with van der Waals surface area (Å²) in [4.78, 5) is 11.8. The van der Waals surface area contributed by atoms with E-state index in [0.717, 1.165) is 38.9 Å². The van der Waals surface area contributed by atoms with Gasteiger partial charge in [-0.25, -0.2) is 0 Å². The molecule has 0 aliphatic carbocycles. The molecule has 4 nitrogen and oxygen atoms in total. The number of fused-ring (bicyclic) bond motifs is 1. The maximum absolute atomic E-state index is 11.8. The molecule has 3 rings (SSSR count). The van der Waals surface area contributed by atoms with Gasteiger partial charge < -0.3 is 0 Å². The fourth-order valence-corrected chi connectivity index (χ4v) is 3.20. The topological polar surface area (TPSA) is 48.7 Å². The molecular weight excluding hydrogens is 339 g/mol. The Labute approximate surface area is 160 Å². The summed E-state index contributed by atoms with van der Waals surface area (Å²) < 4.78 is 16.9. The Morgan fingerprint density at radius 1 is 1.19 bits per heavy atom. The second-order valence-corrected chi connectivity index (χ2v) is 6.43. The molecule has 0 aliphatic rings. The molecule has 0 atom stereocenters. The zero-order valence-electron chi connectivity index (χ0n) is 16.0. The SMILES string of the molecule is C=Bc1c(C)c(COc2ccccc2CC(=O)OCC)cc2cc(C)oc12. The third-order valence-electron chi connectivity index (χ3n) is 4.54. The van der Waals surface area contributed by atoms with Crippen molar-refractivity contribution in [1.82, 2.24) is 0 Å². The van der Waals surface area contributed by atoms with Gasteiger partial charge in [-0.2, -0.15) is 0 Å². The number of para-hydroxylation sites is 1. The van der Waals surface area contributed by atoms with E-state index in [0.29, 0.717) is 19.0 Å². The van der Waals surface area contributed by atoms with Crippen LogP contribution in [0.1, 0.15) is 29.4 Å². The molecular formula is C22H23BO4.